The number of alkyl halides is 5. The topological polar surface area (TPSA) is 105 Å². The van der Waals surface area contributed by atoms with Crippen molar-refractivity contribution in [2.45, 2.75) is 50.9 Å². The number of esters is 1. The molecule has 4 atom stereocenters. The number of amides is 1. The molecule has 38 heavy (non-hydrogen) atoms. The maximum absolute atomic E-state index is 14.2. The molecule has 1 aromatic carbocycles. The number of benzene rings is 1. The summed E-state index contributed by atoms with van der Waals surface area (Å²) in [5, 5.41) is 2.40. The Morgan fingerprint density at radius 2 is 1.84 bits per heavy atom. The Kier molecular flexibility index (Phi) is 6.89. The van der Waals surface area contributed by atoms with Gasteiger partial charge in [0.05, 0.1) is 13.7 Å². The van der Waals surface area contributed by atoms with Crippen LogP contribution in [0.4, 0.5) is 27.6 Å². The average molecular weight is 546 g/mol. The van der Waals surface area contributed by atoms with E-state index < -0.39 is 59.4 Å². The zero-order valence-corrected chi connectivity index (χ0v) is 20.5. The van der Waals surface area contributed by atoms with Gasteiger partial charge in [-0.3, -0.25) is 4.79 Å². The lowest BCUT2D eigenvalue weighted by Crippen LogP contribution is -2.47. The number of hydrogen-bond acceptors (Lipinski definition) is 8. The molecule has 0 spiro atoms. The van der Waals surface area contributed by atoms with Gasteiger partial charge in [-0.1, -0.05) is 13.0 Å². The Hall–Kier alpha value is -3.68. The molecule has 0 aliphatic carbocycles. The molecular formula is C24H23F5N2O7. The van der Waals surface area contributed by atoms with Gasteiger partial charge in [-0.05, 0) is 32.0 Å². The summed E-state index contributed by atoms with van der Waals surface area (Å²) in [6.45, 7) is 3.66. The second kappa shape index (κ2) is 9.57. The van der Waals surface area contributed by atoms with Gasteiger partial charge in [0.15, 0.2) is 17.1 Å². The molecule has 1 saturated heterocycles. The zero-order chi connectivity index (χ0) is 28.0. The van der Waals surface area contributed by atoms with E-state index in [9.17, 15) is 31.5 Å². The first-order valence-corrected chi connectivity index (χ1v) is 11.4. The Balaban J connectivity index is 1.77. The number of ether oxygens (including phenoxy) is 5. The molecule has 2 aromatic rings. The second-order valence-electron chi connectivity index (χ2n) is 8.78. The van der Waals surface area contributed by atoms with E-state index in [0.717, 1.165) is 20.1 Å². The maximum Gasteiger partial charge on any atom is 0.586 e. The van der Waals surface area contributed by atoms with Crippen molar-refractivity contribution >= 4 is 17.6 Å². The van der Waals surface area contributed by atoms with Crippen LogP contribution in [0.1, 0.15) is 42.7 Å². The molecular weight excluding hydrogens is 523 g/mol. The van der Waals surface area contributed by atoms with E-state index in [-0.39, 0.29) is 29.3 Å². The first-order valence-electron chi connectivity index (χ1n) is 11.4. The van der Waals surface area contributed by atoms with Gasteiger partial charge in [0.1, 0.15) is 11.8 Å². The molecule has 1 amide bonds. The summed E-state index contributed by atoms with van der Waals surface area (Å²) >= 11 is 0. The summed E-state index contributed by atoms with van der Waals surface area (Å²) in [7, 11) is 1.12. The molecule has 4 rings (SSSR count). The van der Waals surface area contributed by atoms with Gasteiger partial charge in [0.2, 0.25) is 5.75 Å². The Morgan fingerprint density at radius 3 is 2.47 bits per heavy atom. The zero-order valence-electron chi connectivity index (χ0n) is 20.5. The van der Waals surface area contributed by atoms with E-state index in [1.54, 1.807) is 6.92 Å². The van der Waals surface area contributed by atoms with E-state index in [0.29, 0.717) is 0 Å². The van der Waals surface area contributed by atoms with Crippen LogP contribution in [-0.2, 0) is 14.3 Å². The van der Waals surface area contributed by atoms with Crippen LogP contribution in [0.25, 0.3) is 0 Å². The number of nitrogens with zero attached hydrogens (tertiary/aromatic N) is 1. The first-order chi connectivity index (χ1) is 17.7. The number of carbonyl (C=O) groups is 2. The molecule has 0 bridgehead atoms. The number of carbonyl (C=O) groups excluding carboxylic acids is 2. The van der Waals surface area contributed by atoms with Gasteiger partial charge in [-0.2, -0.15) is 13.2 Å². The number of hydrogen-bond donors (Lipinski definition) is 1. The summed E-state index contributed by atoms with van der Waals surface area (Å²) < 4.78 is 95.2. The SMILES string of the molecule is CCOc1ccc([C@@H]2[C@@H](C(=O)Nc3ccnc(C(=O)OC)c3)O[C@](C)(C(F)(F)F)[C@@H]2C)c2c1OC(F)(F)O2. The van der Waals surface area contributed by atoms with Crippen LogP contribution in [0.5, 0.6) is 17.2 Å². The summed E-state index contributed by atoms with van der Waals surface area (Å²) in [6.07, 6.45) is -9.67. The summed E-state index contributed by atoms with van der Waals surface area (Å²) in [4.78, 5) is 28.9. The lowest BCUT2D eigenvalue weighted by Gasteiger charge is -2.31. The van der Waals surface area contributed by atoms with Gasteiger partial charge < -0.3 is 29.0 Å². The predicted molar refractivity (Wildman–Crippen MR) is 119 cm³/mol. The highest BCUT2D eigenvalue weighted by Crippen LogP contribution is 2.58. The fourth-order valence-corrected chi connectivity index (χ4v) is 4.51. The normalized spacial score (nSPS) is 25.7. The highest BCUT2D eigenvalue weighted by atomic mass is 19.4. The van der Waals surface area contributed by atoms with Gasteiger partial charge in [-0.15, -0.1) is 8.78 Å². The fraction of sp³-hybridized carbons (Fsp3) is 0.458. The standard InChI is InChI=1S/C24H23F5N2O7/c1-5-35-15-7-6-13(17-18(15)38-24(28,29)37-17)16-11(2)22(3,23(25,26)27)36-19(16)20(32)31-12-8-9-30-14(10-12)21(33)34-4/h6-11,16,19H,5H2,1-4H3,(H,30,31,32)/t11-,16-,19+,22+/m1/s1. The number of methoxy groups -OCH3 is 1. The Morgan fingerprint density at radius 1 is 1.16 bits per heavy atom. The third-order valence-electron chi connectivity index (χ3n) is 6.56. The molecule has 206 valence electrons. The monoisotopic (exact) mass is 546 g/mol. The largest absolute Gasteiger partial charge is 0.586 e. The minimum atomic E-state index is -4.93. The van der Waals surface area contributed by atoms with Crippen molar-refractivity contribution < 1.29 is 55.2 Å². The quantitative estimate of drug-likeness (QED) is 0.412. The molecule has 14 heteroatoms. The molecule has 3 heterocycles. The van der Waals surface area contributed by atoms with Crippen LogP contribution >= 0.6 is 0 Å². The van der Waals surface area contributed by atoms with Gasteiger partial charge in [0.25, 0.3) is 5.91 Å². The lowest BCUT2D eigenvalue weighted by molar-refractivity contribution is -0.287. The van der Waals surface area contributed by atoms with E-state index in [1.165, 1.54) is 31.3 Å². The van der Waals surface area contributed by atoms with Gasteiger partial charge in [0, 0.05) is 29.3 Å². The van der Waals surface area contributed by atoms with Crippen molar-refractivity contribution in [3.63, 3.8) is 0 Å². The summed E-state index contributed by atoms with van der Waals surface area (Å²) in [5.74, 6) is -5.85. The van der Waals surface area contributed by atoms with Crippen molar-refractivity contribution in [1.82, 2.24) is 4.98 Å². The molecule has 0 saturated carbocycles. The Labute approximate surface area is 213 Å². The van der Waals surface area contributed by atoms with E-state index in [4.69, 9.17) is 9.47 Å². The molecule has 9 nitrogen and oxygen atoms in total. The third-order valence-corrected chi connectivity index (χ3v) is 6.56. The molecule has 2 aliphatic heterocycles. The highest BCUT2D eigenvalue weighted by Gasteiger charge is 2.66. The number of halogens is 5. The van der Waals surface area contributed by atoms with Crippen LogP contribution < -0.4 is 19.5 Å². The lowest BCUT2D eigenvalue weighted by atomic mass is 9.77. The molecule has 0 unspecified atom stereocenters. The number of nitrogens with one attached hydrogen (secondary N) is 1. The predicted octanol–water partition coefficient (Wildman–Crippen LogP) is 4.67. The van der Waals surface area contributed by atoms with E-state index in [1.807, 2.05) is 0 Å². The van der Waals surface area contributed by atoms with Crippen molar-refractivity contribution in [1.29, 1.82) is 0 Å². The van der Waals surface area contributed by atoms with Crippen LogP contribution in [0, 0.1) is 5.92 Å². The average Bonchev–Trinajstić information content (AvgIpc) is 3.32. The highest BCUT2D eigenvalue weighted by molar-refractivity contribution is 5.96. The molecule has 0 radical (unpaired) electrons. The minimum Gasteiger partial charge on any atom is -0.490 e. The number of pyridine rings is 1. The molecule has 1 fully saturated rings. The van der Waals surface area contributed by atoms with E-state index >= 15 is 0 Å². The molecule has 1 N–H and O–H groups in total. The van der Waals surface area contributed by atoms with Gasteiger partial charge >= 0.3 is 18.4 Å². The number of rotatable bonds is 6. The first kappa shape index (κ1) is 27.4. The maximum atomic E-state index is 14.2. The molecule has 2 aliphatic rings. The number of anilines is 1. The van der Waals surface area contributed by atoms with E-state index in [2.05, 4.69) is 24.5 Å². The van der Waals surface area contributed by atoms with Crippen LogP contribution in [0.3, 0.4) is 0 Å². The third kappa shape index (κ3) is 4.68. The Bertz CT molecular complexity index is 1260. The van der Waals surface area contributed by atoms with Crippen molar-refractivity contribution in [3.05, 3.63) is 41.7 Å². The van der Waals surface area contributed by atoms with Crippen LogP contribution in [-0.4, -0.2) is 54.8 Å². The molecule has 1 aromatic heterocycles. The minimum absolute atomic E-state index is 0.0176. The fourth-order valence-electron chi connectivity index (χ4n) is 4.51. The van der Waals surface area contributed by atoms with Crippen molar-refractivity contribution in [2.24, 2.45) is 5.92 Å². The van der Waals surface area contributed by atoms with Crippen molar-refractivity contribution in [3.8, 4) is 17.2 Å². The number of aromatic nitrogens is 1. The second-order valence-corrected chi connectivity index (χ2v) is 8.78. The number of fused-ring (bicyclic) bond motifs is 1. The summed E-state index contributed by atoms with van der Waals surface area (Å²) in [5.41, 5.74) is -3.14. The summed E-state index contributed by atoms with van der Waals surface area (Å²) in [6, 6.07) is 4.95. The van der Waals surface area contributed by atoms with Crippen molar-refractivity contribution in [2.75, 3.05) is 19.0 Å². The smallest absolute Gasteiger partial charge is 0.490 e. The van der Waals surface area contributed by atoms with Gasteiger partial charge in [-0.25, -0.2) is 9.78 Å². The van der Waals surface area contributed by atoms with Crippen LogP contribution in [0.15, 0.2) is 30.5 Å². The van der Waals surface area contributed by atoms with Crippen LogP contribution in [0.2, 0.25) is 0 Å².